The summed E-state index contributed by atoms with van der Waals surface area (Å²) < 4.78 is 52.0. The zero-order chi connectivity index (χ0) is 16.7. The van der Waals surface area contributed by atoms with E-state index in [1.165, 1.54) is 25.7 Å². The minimum absolute atomic E-state index is 0.0902. The Hall–Kier alpha value is -1.06. The Morgan fingerprint density at radius 2 is 1.91 bits per heavy atom. The van der Waals surface area contributed by atoms with E-state index in [9.17, 15) is 17.2 Å². The van der Waals surface area contributed by atoms with E-state index in [1.54, 1.807) is 0 Å². The van der Waals surface area contributed by atoms with Crippen LogP contribution in [-0.4, -0.2) is 43.8 Å². The third-order valence-corrected chi connectivity index (χ3v) is 5.37. The van der Waals surface area contributed by atoms with Crippen molar-refractivity contribution in [2.45, 2.75) is 62.4 Å². The Bertz CT molecular complexity index is 569. The molecule has 0 unspecified atom stereocenters. The van der Waals surface area contributed by atoms with Crippen molar-refractivity contribution in [3.63, 3.8) is 0 Å². The Labute approximate surface area is 135 Å². The normalized spacial score (nSPS) is 17.5. The van der Waals surface area contributed by atoms with E-state index in [4.69, 9.17) is 0 Å². The molecule has 9 heteroatoms. The number of aromatic nitrogens is 2. The number of nitrogens with zero attached hydrogens (tertiary/aromatic N) is 2. The second-order valence-corrected chi connectivity index (χ2v) is 7.60. The summed E-state index contributed by atoms with van der Waals surface area (Å²) in [6, 6.07) is 0.454. The first kappa shape index (κ1) is 18.3. The van der Waals surface area contributed by atoms with Gasteiger partial charge in [0.15, 0.2) is 0 Å². The minimum atomic E-state index is -3.70. The molecule has 1 aromatic heterocycles. The first-order valence-corrected chi connectivity index (χ1v) is 9.49. The third-order valence-electron chi connectivity index (χ3n) is 3.95. The lowest BCUT2D eigenvalue weighted by Gasteiger charge is -2.16. The predicted octanol–water partition coefficient (Wildman–Crippen LogP) is 1.74. The van der Waals surface area contributed by atoms with Crippen LogP contribution in [0.4, 0.5) is 8.78 Å². The molecule has 2 rings (SSSR count). The molecule has 1 aromatic rings. The molecular weight excluding hydrogens is 326 g/mol. The summed E-state index contributed by atoms with van der Waals surface area (Å²) in [5.74, 6) is 0. The van der Waals surface area contributed by atoms with Crippen molar-refractivity contribution in [1.82, 2.24) is 19.8 Å². The second-order valence-electron chi connectivity index (χ2n) is 5.83. The van der Waals surface area contributed by atoms with E-state index in [-0.39, 0.29) is 11.4 Å². The van der Waals surface area contributed by atoms with Gasteiger partial charge in [-0.3, -0.25) is 4.68 Å². The van der Waals surface area contributed by atoms with Crippen LogP contribution >= 0.6 is 0 Å². The predicted molar refractivity (Wildman–Crippen MR) is 82.9 cm³/mol. The van der Waals surface area contributed by atoms with Gasteiger partial charge in [-0.25, -0.2) is 21.9 Å². The zero-order valence-electron chi connectivity index (χ0n) is 13.0. The number of hydrogen-bond acceptors (Lipinski definition) is 4. The number of halogens is 2. The number of nitrogens with one attached hydrogen (secondary N) is 2. The number of hydrogen-bond donors (Lipinski definition) is 2. The fourth-order valence-electron chi connectivity index (χ4n) is 2.75. The maximum absolute atomic E-state index is 12.2. The maximum atomic E-state index is 12.2. The summed E-state index contributed by atoms with van der Waals surface area (Å²) in [4.78, 5) is -0.0902. The summed E-state index contributed by atoms with van der Waals surface area (Å²) in [5, 5.41) is 7.01. The van der Waals surface area contributed by atoms with Crippen molar-refractivity contribution in [2.75, 3.05) is 13.1 Å². The molecule has 2 N–H and O–H groups in total. The molecule has 6 nitrogen and oxygen atoms in total. The standard InChI is InChI=1S/C14H24F2N4O2S/c15-14(16)11-20-10-13(9-18-20)23(21,22)19-8-7-17-12-5-3-1-2-4-6-12/h9-10,12,14,17,19H,1-8,11H2. The van der Waals surface area contributed by atoms with Gasteiger partial charge in [-0.2, -0.15) is 5.10 Å². The third kappa shape index (κ3) is 6.15. The van der Waals surface area contributed by atoms with Gasteiger partial charge in [-0.1, -0.05) is 25.7 Å². The molecule has 0 saturated heterocycles. The first-order valence-electron chi connectivity index (χ1n) is 8.01. The Kier molecular flexibility index (Phi) is 6.91. The SMILES string of the molecule is O=S(=O)(NCCNC1CCCCCC1)c1cnn(CC(F)F)c1. The van der Waals surface area contributed by atoms with Crippen LogP contribution in [-0.2, 0) is 16.6 Å². The molecule has 0 aliphatic heterocycles. The highest BCUT2D eigenvalue weighted by molar-refractivity contribution is 7.89. The molecule has 0 atom stereocenters. The van der Waals surface area contributed by atoms with Gasteiger partial charge in [-0.05, 0) is 12.8 Å². The summed E-state index contributed by atoms with van der Waals surface area (Å²) >= 11 is 0. The lowest BCUT2D eigenvalue weighted by molar-refractivity contribution is 0.121. The average Bonchev–Trinajstić information content (AvgIpc) is 2.80. The van der Waals surface area contributed by atoms with Crippen molar-refractivity contribution < 1.29 is 17.2 Å². The van der Waals surface area contributed by atoms with Crippen molar-refractivity contribution >= 4 is 10.0 Å². The first-order chi connectivity index (χ1) is 11.0. The smallest absolute Gasteiger partial charge is 0.257 e. The maximum Gasteiger partial charge on any atom is 0.257 e. The van der Waals surface area contributed by atoms with Crippen LogP contribution in [0.2, 0.25) is 0 Å². The van der Waals surface area contributed by atoms with Gasteiger partial charge >= 0.3 is 0 Å². The molecule has 1 saturated carbocycles. The molecule has 1 aliphatic carbocycles. The lowest BCUT2D eigenvalue weighted by atomic mass is 10.1. The van der Waals surface area contributed by atoms with Gasteiger partial charge in [0.2, 0.25) is 10.0 Å². The van der Waals surface area contributed by atoms with E-state index in [0.717, 1.165) is 29.9 Å². The molecule has 0 aromatic carbocycles. The second kappa shape index (κ2) is 8.70. The molecule has 0 radical (unpaired) electrons. The van der Waals surface area contributed by atoms with Gasteiger partial charge in [0, 0.05) is 25.3 Å². The highest BCUT2D eigenvalue weighted by Gasteiger charge is 2.17. The number of alkyl halides is 2. The summed E-state index contributed by atoms with van der Waals surface area (Å²) in [7, 11) is -3.70. The van der Waals surface area contributed by atoms with Crippen molar-refractivity contribution in [3.05, 3.63) is 12.4 Å². The fourth-order valence-corrected chi connectivity index (χ4v) is 3.74. The van der Waals surface area contributed by atoms with Gasteiger partial charge in [0.05, 0.1) is 6.20 Å². The molecule has 1 aliphatic rings. The van der Waals surface area contributed by atoms with E-state index in [0.29, 0.717) is 12.6 Å². The van der Waals surface area contributed by atoms with Crippen molar-refractivity contribution in [1.29, 1.82) is 0 Å². The van der Waals surface area contributed by atoms with Crippen molar-refractivity contribution in [2.24, 2.45) is 0 Å². The zero-order valence-corrected chi connectivity index (χ0v) is 13.9. The van der Waals surface area contributed by atoms with Crippen LogP contribution in [0, 0.1) is 0 Å². The Balaban J connectivity index is 1.76. The van der Waals surface area contributed by atoms with E-state index >= 15 is 0 Å². The number of rotatable bonds is 8. The lowest BCUT2D eigenvalue weighted by Crippen LogP contribution is -2.36. The van der Waals surface area contributed by atoms with Gasteiger partial charge in [0.25, 0.3) is 6.43 Å². The molecular formula is C14H24F2N4O2S. The Morgan fingerprint density at radius 3 is 2.57 bits per heavy atom. The van der Waals surface area contributed by atoms with Crippen LogP contribution in [0.25, 0.3) is 0 Å². The molecule has 23 heavy (non-hydrogen) atoms. The van der Waals surface area contributed by atoms with Crippen LogP contribution in [0.5, 0.6) is 0 Å². The van der Waals surface area contributed by atoms with Crippen LogP contribution in [0.1, 0.15) is 38.5 Å². The number of sulfonamides is 1. The summed E-state index contributed by atoms with van der Waals surface area (Å²) in [5.41, 5.74) is 0. The molecule has 0 bridgehead atoms. The van der Waals surface area contributed by atoms with E-state index in [2.05, 4.69) is 15.1 Å². The summed E-state index contributed by atoms with van der Waals surface area (Å²) in [6.45, 7) is 0.201. The fraction of sp³-hybridized carbons (Fsp3) is 0.786. The highest BCUT2D eigenvalue weighted by atomic mass is 32.2. The van der Waals surface area contributed by atoms with E-state index < -0.39 is 23.0 Å². The summed E-state index contributed by atoms with van der Waals surface area (Å²) in [6.07, 6.45) is 6.87. The molecule has 0 amide bonds. The largest absolute Gasteiger partial charge is 0.313 e. The van der Waals surface area contributed by atoms with Crippen LogP contribution in [0.15, 0.2) is 17.3 Å². The van der Waals surface area contributed by atoms with E-state index in [1.807, 2.05) is 0 Å². The van der Waals surface area contributed by atoms with Crippen LogP contribution in [0.3, 0.4) is 0 Å². The molecule has 132 valence electrons. The molecule has 1 heterocycles. The van der Waals surface area contributed by atoms with Gasteiger partial charge in [-0.15, -0.1) is 0 Å². The topological polar surface area (TPSA) is 76.0 Å². The highest BCUT2D eigenvalue weighted by Crippen LogP contribution is 2.16. The quantitative estimate of drug-likeness (QED) is 0.553. The average molecular weight is 350 g/mol. The minimum Gasteiger partial charge on any atom is -0.313 e. The van der Waals surface area contributed by atoms with Crippen LogP contribution < -0.4 is 10.0 Å². The molecule has 1 fully saturated rings. The molecule has 0 spiro atoms. The van der Waals surface area contributed by atoms with Gasteiger partial charge < -0.3 is 5.32 Å². The Morgan fingerprint density at radius 1 is 1.22 bits per heavy atom. The monoisotopic (exact) mass is 350 g/mol. The van der Waals surface area contributed by atoms with Crippen molar-refractivity contribution in [3.8, 4) is 0 Å². The van der Waals surface area contributed by atoms with Gasteiger partial charge in [0.1, 0.15) is 11.4 Å².